The second-order valence-electron chi connectivity index (χ2n) is 6.10. The zero-order valence-corrected chi connectivity index (χ0v) is 17.1. The molecule has 0 radical (unpaired) electrons. The third kappa shape index (κ3) is 5.65. The molecular weight excluding hydrogens is 418 g/mol. The highest BCUT2D eigenvalue weighted by molar-refractivity contribution is 7.92. The van der Waals surface area contributed by atoms with Crippen molar-refractivity contribution in [2.45, 2.75) is 4.90 Å². The standard InChI is InChI=1S/C21H17N5O4S/c1-30-18-7-3-15(4-8-18)13-16(14-22)20(27)25-17-5-9-19(10-6-17)31(28,29)26-21-23-11-2-12-24-21/h2-13H,1H3,(H,25,27)(H,23,24,26)/b16-13+. The monoisotopic (exact) mass is 435 g/mol. The number of sulfonamides is 1. The number of rotatable bonds is 7. The first-order chi connectivity index (χ1) is 14.9. The van der Waals surface area contributed by atoms with Crippen LogP contribution in [0.3, 0.4) is 0 Å². The van der Waals surface area contributed by atoms with Crippen LogP contribution in [0.15, 0.2) is 77.5 Å². The fourth-order valence-electron chi connectivity index (χ4n) is 2.46. The maximum Gasteiger partial charge on any atom is 0.266 e. The Labute approximate surface area is 179 Å². The number of methoxy groups -OCH3 is 1. The van der Waals surface area contributed by atoms with Gasteiger partial charge in [0.1, 0.15) is 17.4 Å². The fraction of sp³-hybridized carbons (Fsp3) is 0.0476. The van der Waals surface area contributed by atoms with Gasteiger partial charge in [-0.25, -0.2) is 23.1 Å². The first-order valence-electron chi connectivity index (χ1n) is 8.88. The molecule has 0 aliphatic heterocycles. The SMILES string of the molecule is COc1ccc(/C=C(\C#N)C(=O)Nc2ccc(S(=O)(=O)Nc3ncccn3)cc2)cc1. The van der Waals surface area contributed by atoms with Gasteiger partial charge in [-0.15, -0.1) is 0 Å². The molecule has 31 heavy (non-hydrogen) atoms. The van der Waals surface area contributed by atoms with Crippen LogP contribution in [0.2, 0.25) is 0 Å². The van der Waals surface area contributed by atoms with E-state index in [0.29, 0.717) is 17.0 Å². The van der Waals surface area contributed by atoms with Crippen LogP contribution in [0.5, 0.6) is 5.75 Å². The van der Waals surface area contributed by atoms with Gasteiger partial charge in [0.25, 0.3) is 15.9 Å². The van der Waals surface area contributed by atoms with E-state index in [1.54, 1.807) is 37.4 Å². The number of anilines is 2. The average molecular weight is 435 g/mol. The van der Waals surface area contributed by atoms with Gasteiger partial charge in [-0.3, -0.25) is 4.79 Å². The van der Waals surface area contributed by atoms with Crippen molar-refractivity contribution < 1.29 is 17.9 Å². The highest BCUT2D eigenvalue weighted by Gasteiger charge is 2.16. The van der Waals surface area contributed by atoms with E-state index in [0.717, 1.165) is 0 Å². The van der Waals surface area contributed by atoms with Crippen molar-refractivity contribution in [3.63, 3.8) is 0 Å². The van der Waals surface area contributed by atoms with E-state index in [-0.39, 0.29) is 16.4 Å². The summed E-state index contributed by atoms with van der Waals surface area (Å²) in [7, 11) is -2.35. The summed E-state index contributed by atoms with van der Waals surface area (Å²) < 4.78 is 32.1. The molecule has 0 aliphatic carbocycles. The van der Waals surface area contributed by atoms with Crippen LogP contribution in [0.4, 0.5) is 11.6 Å². The quantitative estimate of drug-likeness (QED) is 0.430. The lowest BCUT2D eigenvalue weighted by Crippen LogP contribution is -2.16. The van der Waals surface area contributed by atoms with Crippen LogP contribution in [0, 0.1) is 11.3 Å². The van der Waals surface area contributed by atoms with Gasteiger partial charge in [0.2, 0.25) is 5.95 Å². The number of aromatic nitrogens is 2. The van der Waals surface area contributed by atoms with Crippen LogP contribution in [-0.2, 0) is 14.8 Å². The number of carbonyl (C=O) groups excluding carboxylic acids is 1. The van der Waals surface area contributed by atoms with Gasteiger partial charge in [-0.05, 0) is 54.1 Å². The van der Waals surface area contributed by atoms with Gasteiger partial charge in [0.05, 0.1) is 12.0 Å². The van der Waals surface area contributed by atoms with E-state index in [4.69, 9.17) is 4.74 Å². The Morgan fingerprint density at radius 1 is 1.06 bits per heavy atom. The maximum atomic E-state index is 12.4. The molecule has 2 aromatic carbocycles. The van der Waals surface area contributed by atoms with Gasteiger partial charge in [0.15, 0.2) is 0 Å². The van der Waals surface area contributed by atoms with E-state index in [1.807, 2.05) is 6.07 Å². The van der Waals surface area contributed by atoms with Crippen LogP contribution < -0.4 is 14.8 Å². The summed E-state index contributed by atoms with van der Waals surface area (Å²) in [6, 6.07) is 15.8. The number of amides is 1. The van der Waals surface area contributed by atoms with E-state index < -0.39 is 15.9 Å². The Kier molecular flexibility index (Phi) is 6.59. The summed E-state index contributed by atoms with van der Waals surface area (Å²) in [5, 5.41) is 11.9. The first-order valence-corrected chi connectivity index (χ1v) is 10.4. The topological polar surface area (TPSA) is 134 Å². The summed E-state index contributed by atoms with van der Waals surface area (Å²) in [5.74, 6) is -0.0181. The molecule has 0 fully saturated rings. The Morgan fingerprint density at radius 2 is 1.71 bits per heavy atom. The number of benzene rings is 2. The van der Waals surface area contributed by atoms with Gasteiger partial charge in [-0.1, -0.05) is 12.1 Å². The number of hydrogen-bond acceptors (Lipinski definition) is 7. The fourth-order valence-corrected chi connectivity index (χ4v) is 3.42. The highest BCUT2D eigenvalue weighted by atomic mass is 32.2. The number of hydrogen-bond donors (Lipinski definition) is 2. The van der Waals surface area contributed by atoms with Crippen molar-refractivity contribution in [3.8, 4) is 11.8 Å². The van der Waals surface area contributed by atoms with E-state index in [9.17, 15) is 18.5 Å². The Morgan fingerprint density at radius 3 is 2.29 bits per heavy atom. The molecule has 3 aromatic rings. The zero-order valence-electron chi connectivity index (χ0n) is 16.3. The molecule has 2 N–H and O–H groups in total. The smallest absolute Gasteiger partial charge is 0.266 e. The van der Waals surface area contributed by atoms with Gasteiger partial charge in [0, 0.05) is 18.1 Å². The Hall–Kier alpha value is -4.23. The molecule has 0 bridgehead atoms. The van der Waals surface area contributed by atoms with Crippen molar-refractivity contribution in [3.05, 3.63) is 78.1 Å². The predicted octanol–water partition coefficient (Wildman–Crippen LogP) is 2.83. The van der Waals surface area contributed by atoms with Crippen LogP contribution >= 0.6 is 0 Å². The van der Waals surface area contributed by atoms with Crippen molar-refractivity contribution in [1.29, 1.82) is 5.26 Å². The normalized spacial score (nSPS) is 11.3. The maximum absolute atomic E-state index is 12.4. The predicted molar refractivity (Wildman–Crippen MR) is 114 cm³/mol. The van der Waals surface area contributed by atoms with Crippen molar-refractivity contribution in [2.24, 2.45) is 0 Å². The summed E-state index contributed by atoms with van der Waals surface area (Å²) in [6.07, 6.45) is 4.27. The summed E-state index contributed by atoms with van der Waals surface area (Å²) in [5.41, 5.74) is 0.878. The summed E-state index contributed by atoms with van der Waals surface area (Å²) in [6.45, 7) is 0. The summed E-state index contributed by atoms with van der Waals surface area (Å²) >= 11 is 0. The summed E-state index contributed by atoms with van der Waals surface area (Å²) in [4.78, 5) is 20.0. The molecule has 1 amide bonds. The minimum absolute atomic E-state index is 0.0350. The molecular formula is C21H17N5O4S. The third-order valence-corrected chi connectivity index (χ3v) is 5.35. The van der Waals surface area contributed by atoms with Crippen molar-refractivity contribution >= 4 is 33.6 Å². The number of nitriles is 1. The minimum atomic E-state index is -3.89. The van der Waals surface area contributed by atoms with Crippen LogP contribution in [0.1, 0.15) is 5.56 Å². The molecule has 0 saturated carbocycles. The van der Waals surface area contributed by atoms with Crippen LogP contribution in [-0.4, -0.2) is 31.4 Å². The molecule has 156 valence electrons. The minimum Gasteiger partial charge on any atom is -0.497 e. The molecule has 1 aromatic heterocycles. The van der Waals surface area contributed by atoms with E-state index in [1.165, 1.54) is 42.7 Å². The largest absolute Gasteiger partial charge is 0.497 e. The van der Waals surface area contributed by atoms with Crippen molar-refractivity contribution in [1.82, 2.24) is 9.97 Å². The molecule has 9 nitrogen and oxygen atoms in total. The lowest BCUT2D eigenvalue weighted by molar-refractivity contribution is -0.112. The third-order valence-electron chi connectivity index (χ3n) is 4.01. The second-order valence-corrected chi connectivity index (χ2v) is 7.78. The lowest BCUT2D eigenvalue weighted by atomic mass is 10.1. The lowest BCUT2D eigenvalue weighted by Gasteiger charge is -2.08. The van der Waals surface area contributed by atoms with Gasteiger partial charge >= 0.3 is 0 Å². The Bertz CT molecular complexity index is 1230. The highest BCUT2D eigenvalue weighted by Crippen LogP contribution is 2.18. The van der Waals surface area contributed by atoms with E-state index >= 15 is 0 Å². The molecule has 0 unspecified atom stereocenters. The molecule has 10 heteroatoms. The van der Waals surface area contributed by atoms with Gasteiger partial charge in [-0.2, -0.15) is 5.26 Å². The molecule has 3 rings (SSSR count). The average Bonchev–Trinajstić information content (AvgIpc) is 2.78. The van der Waals surface area contributed by atoms with Gasteiger partial charge < -0.3 is 10.1 Å². The molecule has 0 saturated heterocycles. The molecule has 0 atom stereocenters. The zero-order chi connectivity index (χ0) is 22.3. The number of carbonyl (C=O) groups is 1. The molecule has 0 aliphatic rings. The molecule has 1 heterocycles. The number of ether oxygens (including phenoxy) is 1. The second kappa shape index (κ2) is 9.51. The van der Waals surface area contributed by atoms with Crippen molar-refractivity contribution in [2.75, 3.05) is 17.1 Å². The number of nitrogens with zero attached hydrogens (tertiary/aromatic N) is 3. The van der Waals surface area contributed by atoms with E-state index in [2.05, 4.69) is 20.0 Å². The first kappa shape index (κ1) is 21.5. The number of nitrogens with one attached hydrogen (secondary N) is 2. The van der Waals surface area contributed by atoms with Crippen LogP contribution in [0.25, 0.3) is 6.08 Å². The Balaban J connectivity index is 1.71. The molecule has 0 spiro atoms.